The van der Waals surface area contributed by atoms with E-state index in [0.29, 0.717) is 31.9 Å². The van der Waals surface area contributed by atoms with Crippen LogP contribution in [0.5, 0.6) is 5.75 Å². The predicted octanol–water partition coefficient (Wildman–Crippen LogP) is 3.04. The summed E-state index contributed by atoms with van der Waals surface area (Å²) in [6.07, 6.45) is 4.98. The van der Waals surface area contributed by atoms with Crippen LogP contribution in [0.25, 0.3) is 10.9 Å². The lowest BCUT2D eigenvalue weighted by molar-refractivity contribution is -0.137. The summed E-state index contributed by atoms with van der Waals surface area (Å²) >= 11 is 0. The first kappa shape index (κ1) is 21.3. The third kappa shape index (κ3) is 4.25. The third-order valence-electron chi connectivity index (χ3n) is 6.72. The molecular formula is C25H28N4O4. The molecule has 8 nitrogen and oxygen atoms in total. The Morgan fingerprint density at radius 2 is 1.76 bits per heavy atom. The fourth-order valence-corrected chi connectivity index (χ4v) is 4.83. The molecular weight excluding hydrogens is 420 g/mol. The Hall–Kier alpha value is -3.55. The molecule has 2 fully saturated rings. The number of aromatic nitrogens is 1. The summed E-state index contributed by atoms with van der Waals surface area (Å²) in [5, 5.41) is 1.07. The second kappa shape index (κ2) is 9.13. The zero-order valence-corrected chi connectivity index (χ0v) is 18.8. The predicted molar refractivity (Wildman–Crippen MR) is 124 cm³/mol. The molecule has 2 aliphatic heterocycles. The maximum Gasteiger partial charge on any atom is 0.289 e. The van der Waals surface area contributed by atoms with Crippen molar-refractivity contribution < 1.29 is 18.7 Å². The molecule has 3 aromatic rings. The molecule has 0 unspecified atom stereocenters. The van der Waals surface area contributed by atoms with E-state index in [2.05, 4.69) is 9.88 Å². The highest BCUT2D eigenvalue weighted by Crippen LogP contribution is 2.32. The number of anilines is 1. The molecule has 0 N–H and O–H groups in total. The van der Waals surface area contributed by atoms with E-state index >= 15 is 0 Å². The molecule has 172 valence electrons. The van der Waals surface area contributed by atoms with Crippen molar-refractivity contribution >= 4 is 28.4 Å². The van der Waals surface area contributed by atoms with Crippen molar-refractivity contribution in [2.45, 2.75) is 12.8 Å². The Morgan fingerprint density at radius 1 is 1.00 bits per heavy atom. The lowest BCUT2D eigenvalue weighted by atomic mass is 9.94. The summed E-state index contributed by atoms with van der Waals surface area (Å²) < 4.78 is 10.6. The molecule has 0 bridgehead atoms. The molecule has 2 saturated heterocycles. The number of pyridine rings is 1. The SMILES string of the molecule is COc1ccc2nccc(N3CCC(C(=O)N4CCN(C(=O)c5ccco5)CC4)CC3)c2c1. The van der Waals surface area contributed by atoms with Gasteiger partial charge in [-0.1, -0.05) is 0 Å². The minimum absolute atomic E-state index is 0.0243. The quantitative estimate of drug-likeness (QED) is 0.611. The number of amides is 2. The molecule has 0 atom stereocenters. The number of ether oxygens (including phenoxy) is 1. The Labute approximate surface area is 192 Å². The molecule has 0 aliphatic carbocycles. The number of rotatable bonds is 4. The monoisotopic (exact) mass is 448 g/mol. The van der Waals surface area contributed by atoms with Gasteiger partial charge in [0.2, 0.25) is 5.91 Å². The highest BCUT2D eigenvalue weighted by Gasteiger charge is 2.32. The number of piperazine rings is 1. The molecule has 2 aliphatic rings. The van der Waals surface area contributed by atoms with E-state index in [9.17, 15) is 9.59 Å². The minimum atomic E-state index is -0.110. The average Bonchev–Trinajstić information content (AvgIpc) is 3.42. The summed E-state index contributed by atoms with van der Waals surface area (Å²) in [7, 11) is 1.67. The number of methoxy groups -OCH3 is 1. The van der Waals surface area contributed by atoms with Gasteiger partial charge in [0.1, 0.15) is 5.75 Å². The largest absolute Gasteiger partial charge is 0.497 e. The molecule has 0 radical (unpaired) electrons. The van der Waals surface area contributed by atoms with Crippen molar-refractivity contribution in [2.75, 3.05) is 51.3 Å². The summed E-state index contributed by atoms with van der Waals surface area (Å²) in [6.45, 7) is 3.86. The van der Waals surface area contributed by atoms with Crippen molar-refractivity contribution in [3.63, 3.8) is 0 Å². The van der Waals surface area contributed by atoms with Crippen LogP contribution < -0.4 is 9.64 Å². The van der Waals surface area contributed by atoms with Crippen LogP contribution in [0.2, 0.25) is 0 Å². The number of carbonyl (C=O) groups excluding carboxylic acids is 2. The third-order valence-corrected chi connectivity index (χ3v) is 6.72. The number of carbonyl (C=O) groups is 2. The van der Waals surface area contributed by atoms with Crippen LogP contribution in [0.3, 0.4) is 0 Å². The zero-order chi connectivity index (χ0) is 22.8. The topological polar surface area (TPSA) is 79.1 Å². The van der Waals surface area contributed by atoms with Crippen LogP contribution in [0.15, 0.2) is 53.3 Å². The normalized spacial score (nSPS) is 17.4. The highest BCUT2D eigenvalue weighted by atomic mass is 16.5. The smallest absolute Gasteiger partial charge is 0.289 e. The van der Waals surface area contributed by atoms with Gasteiger partial charge >= 0.3 is 0 Å². The van der Waals surface area contributed by atoms with Crippen molar-refractivity contribution in [3.05, 3.63) is 54.6 Å². The molecule has 5 rings (SSSR count). The standard InChI is InChI=1S/C25H28N4O4/c1-32-19-4-5-21-20(17-19)22(6-9-26-21)27-10-7-18(8-11-27)24(30)28-12-14-29(15-13-28)25(31)23-3-2-16-33-23/h2-6,9,16-18H,7-8,10-15H2,1H3. The van der Waals surface area contributed by atoms with Gasteiger partial charge in [0.25, 0.3) is 5.91 Å². The highest BCUT2D eigenvalue weighted by molar-refractivity contribution is 5.93. The number of nitrogens with zero attached hydrogens (tertiary/aromatic N) is 4. The van der Waals surface area contributed by atoms with Gasteiger partial charge in [0, 0.05) is 62.5 Å². The minimum Gasteiger partial charge on any atom is -0.497 e. The fraction of sp³-hybridized carbons (Fsp3) is 0.400. The molecule has 8 heteroatoms. The maximum atomic E-state index is 13.2. The van der Waals surface area contributed by atoms with Gasteiger partial charge in [-0.25, -0.2) is 0 Å². The fourth-order valence-electron chi connectivity index (χ4n) is 4.83. The number of fused-ring (bicyclic) bond motifs is 1. The zero-order valence-electron chi connectivity index (χ0n) is 18.8. The number of hydrogen-bond donors (Lipinski definition) is 0. The molecule has 2 amide bonds. The number of hydrogen-bond acceptors (Lipinski definition) is 6. The van der Waals surface area contributed by atoms with Gasteiger partial charge in [-0.15, -0.1) is 0 Å². The average molecular weight is 449 g/mol. The van der Waals surface area contributed by atoms with Crippen molar-refractivity contribution in [1.29, 1.82) is 0 Å². The maximum absolute atomic E-state index is 13.2. The van der Waals surface area contributed by atoms with Crippen LogP contribution in [0, 0.1) is 5.92 Å². The Morgan fingerprint density at radius 3 is 2.45 bits per heavy atom. The lowest BCUT2D eigenvalue weighted by Gasteiger charge is -2.39. The summed E-state index contributed by atoms with van der Waals surface area (Å²) in [4.78, 5) is 36.1. The van der Waals surface area contributed by atoms with E-state index in [4.69, 9.17) is 9.15 Å². The number of furan rings is 1. The first-order valence-electron chi connectivity index (χ1n) is 11.4. The second-order valence-corrected chi connectivity index (χ2v) is 8.57. The molecule has 2 aromatic heterocycles. The number of benzene rings is 1. The van der Waals surface area contributed by atoms with E-state index < -0.39 is 0 Å². The van der Waals surface area contributed by atoms with Crippen LogP contribution in [0.1, 0.15) is 23.4 Å². The van der Waals surface area contributed by atoms with Crippen LogP contribution in [-0.2, 0) is 4.79 Å². The summed E-state index contributed by atoms with van der Waals surface area (Å²) in [6, 6.07) is 11.4. The van der Waals surface area contributed by atoms with Gasteiger partial charge in [-0.3, -0.25) is 14.6 Å². The molecule has 0 saturated carbocycles. The van der Waals surface area contributed by atoms with Gasteiger partial charge in [0.05, 0.1) is 18.9 Å². The first-order valence-corrected chi connectivity index (χ1v) is 11.4. The summed E-state index contributed by atoms with van der Waals surface area (Å²) in [5.74, 6) is 1.29. The van der Waals surface area contributed by atoms with E-state index in [-0.39, 0.29) is 17.7 Å². The van der Waals surface area contributed by atoms with E-state index in [1.54, 1.807) is 24.1 Å². The lowest BCUT2D eigenvalue weighted by Crippen LogP contribution is -2.53. The Kier molecular flexibility index (Phi) is 5.90. The van der Waals surface area contributed by atoms with Crippen LogP contribution in [-0.4, -0.2) is 73.0 Å². The van der Waals surface area contributed by atoms with Crippen molar-refractivity contribution in [3.8, 4) is 5.75 Å². The molecule has 33 heavy (non-hydrogen) atoms. The molecule has 4 heterocycles. The molecule has 0 spiro atoms. The first-order chi connectivity index (χ1) is 16.1. The Bertz CT molecular complexity index is 1130. The van der Waals surface area contributed by atoms with Gasteiger partial charge in [0.15, 0.2) is 5.76 Å². The van der Waals surface area contributed by atoms with Crippen LogP contribution >= 0.6 is 0 Å². The van der Waals surface area contributed by atoms with Gasteiger partial charge in [-0.2, -0.15) is 0 Å². The van der Waals surface area contributed by atoms with Crippen molar-refractivity contribution in [1.82, 2.24) is 14.8 Å². The van der Waals surface area contributed by atoms with Crippen LogP contribution in [0.4, 0.5) is 5.69 Å². The van der Waals surface area contributed by atoms with Crippen molar-refractivity contribution in [2.24, 2.45) is 5.92 Å². The second-order valence-electron chi connectivity index (χ2n) is 8.57. The van der Waals surface area contributed by atoms with Gasteiger partial charge < -0.3 is 23.9 Å². The van der Waals surface area contributed by atoms with E-state index in [1.807, 2.05) is 35.4 Å². The number of piperidine rings is 1. The van der Waals surface area contributed by atoms with Gasteiger partial charge in [-0.05, 0) is 49.2 Å². The Balaban J connectivity index is 1.18. The van der Waals surface area contributed by atoms with E-state index in [1.165, 1.54) is 6.26 Å². The molecule has 1 aromatic carbocycles. The summed E-state index contributed by atoms with van der Waals surface area (Å²) in [5.41, 5.74) is 2.07. The van der Waals surface area contributed by atoms with E-state index in [0.717, 1.165) is 48.3 Å².